The molecule has 2 fully saturated rings. The first kappa shape index (κ1) is 19.7. The quantitative estimate of drug-likeness (QED) is 0.719. The standard InChI is InChI=1S/C19H37N3O2/c1-19(2,3)17(23)16-21-12-14-22(15-13-21)18(24)8-4-5-9-20-10-6-7-11-20/h17,23H,4-16H2,1-3H3. The summed E-state index contributed by atoms with van der Waals surface area (Å²) in [5.74, 6) is 0.312. The van der Waals surface area contributed by atoms with E-state index in [-0.39, 0.29) is 11.5 Å². The highest BCUT2D eigenvalue weighted by Crippen LogP contribution is 2.20. The van der Waals surface area contributed by atoms with Crippen LogP contribution in [-0.4, -0.2) is 84.2 Å². The summed E-state index contributed by atoms with van der Waals surface area (Å²) in [6.07, 6.45) is 5.21. The molecule has 24 heavy (non-hydrogen) atoms. The molecule has 1 N–H and O–H groups in total. The number of β-amino-alcohol motifs (C(OH)–C–C–N with tert-alkyl or cyclic N) is 1. The summed E-state index contributed by atoms with van der Waals surface area (Å²) < 4.78 is 0. The second-order valence-electron chi connectivity index (χ2n) is 8.57. The number of hydrogen-bond acceptors (Lipinski definition) is 4. The van der Waals surface area contributed by atoms with Crippen LogP contribution in [-0.2, 0) is 4.79 Å². The normalized spacial score (nSPS) is 22.1. The molecule has 5 nitrogen and oxygen atoms in total. The number of piperazine rings is 1. The van der Waals surface area contributed by atoms with Crippen molar-refractivity contribution < 1.29 is 9.90 Å². The molecule has 0 aromatic heterocycles. The van der Waals surface area contributed by atoms with Gasteiger partial charge in [0, 0.05) is 39.1 Å². The number of unbranched alkanes of at least 4 members (excludes halogenated alkanes) is 1. The second kappa shape index (κ2) is 9.16. The van der Waals surface area contributed by atoms with Gasteiger partial charge in [0.2, 0.25) is 5.91 Å². The summed E-state index contributed by atoms with van der Waals surface area (Å²) >= 11 is 0. The third-order valence-corrected chi connectivity index (χ3v) is 5.47. The first-order valence-corrected chi connectivity index (χ1v) is 9.77. The van der Waals surface area contributed by atoms with Crippen LogP contribution in [0, 0.1) is 5.41 Å². The maximum absolute atomic E-state index is 12.3. The summed E-state index contributed by atoms with van der Waals surface area (Å²) in [4.78, 5) is 19.1. The molecule has 1 unspecified atom stereocenters. The molecule has 2 saturated heterocycles. The van der Waals surface area contributed by atoms with Crippen LogP contribution in [0.2, 0.25) is 0 Å². The maximum atomic E-state index is 12.3. The van der Waals surface area contributed by atoms with Gasteiger partial charge in [0.15, 0.2) is 0 Å². The van der Waals surface area contributed by atoms with Crippen molar-refractivity contribution in [3.05, 3.63) is 0 Å². The Morgan fingerprint density at radius 1 is 0.958 bits per heavy atom. The molecule has 0 radical (unpaired) electrons. The smallest absolute Gasteiger partial charge is 0.222 e. The number of likely N-dealkylation sites (tertiary alicyclic amines) is 1. The molecule has 0 spiro atoms. The average molecular weight is 340 g/mol. The third kappa shape index (κ3) is 6.34. The average Bonchev–Trinajstić information content (AvgIpc) is 3.04. The van der Waals surface area contributed by atoms with Gasteiger partial charge in [-0.3, -0.25) is 9.69 Å². The number of carbonyl (C=O) groups is 1. The van der Waals surface area contributed by atoms with Crippen LogP contribution < -0.4 is 0 Å². The van der Waals surface area contributed by atoms with Crippen molar-refractivity contribution in [2.45, 2.75) is 59.0 Å². The molecular weight excluding hydrogens is 302 g/mol. The number of amides is 1. The van der Waals surface area contributed by atoms with E-state index in [0.29, 0.717) is 18.9 Å². The molecule has 0 aromatic rings. The molecule has 0 aliphatic carbocycles. The van der Waals surface area contributed by atoms with E-state index in [1.165, 1.54) is 25.9 Å². The molecule has 2 aliphatic heterocycles. The Hall–Kier alpha value is -0.650. The largest absolute Gasteiger partial charge is 0.391 e. The van der Waals surface area contributed by atoms with Crippen LogP contribution in [0.25, 0.3) is 0 Å². The molecule has 1 atom stereocenters. The van der Waals surface area contributed by atoms with Gasteiger partial charge in [0.05, 0.1) is 6.10 Å². The number of aliphatic hydroxyl groups excluding tert-OH is 1. The van der Waals surface area contributed by atoms with Crippen molar-refractivity contribution in [1.29, 1.82) is 0 Å². The lowest BCUT2D eigenvalue weighted by atomic mass is 9.89. The van der Waals surface area contributed by atoms with Crippen molar-refractivity contribution in [3.63, 3.8) is 0 Å². The van der Waals surface area contributed by atoms with Crippen LogP contribution in [0.4, 0.5) is 0 Å². The van der Waals surface area contributed by atoms with Gasteiger partial charge in [-0.25, -0.2) is 0 Å². The summed E-state index contributed by atoms with van der Waals surface area (Å²) in [5.41, 5.74) is -0.0811. The number of nitrogens with zero attached hydrogens (tertiary/aromatic N) is 3. The number of carbonyl (C=O) groups excluding carboxylic acids is 1. The molecule has 140 valence electrons. The molecule has 0 aromatic carbocycles. The van der Waals surface area contributed by atoms with Gasteiger partial charge in [-0.1, -0.05) is 20.8 Å². The van der Waals surface area contributed by atoms with Crippen LogP contribution in [0.5, 0.6) is 0 Å². The molecule has 5 heteroatoms. The Balaban J connectivity index is 1.58. The van der Waals surface area contributed by atoms with Crippen LogP contribution in [0.15, 0.2) is 0 Å². The zero-order valence-electron chi connectivity index (χ0n) is 16.0. The van der Waals surface area contributed by atoms with Gasteiger partial charge in [-0.05, 0) is 50.7 Å². The molecule has 2 aliphatic rings. The Morgan fingerprint density at radius 2 is 1.58 bits per heavy atom. The van der Waals surface area contributed by atoms with E-state index >= 15 is 0 Å². The van der Waals surface area contributed by atoms with Gasteiger partial charge in [0.25, 0.3) is 0 Å². The maximum Gasteiger partial charge on any atom is 0.222 e. The summed E-state index contributed by atoms with van der Waals surface area (Å²) in [6.45, 7) is 13.9. The highest BCUT2D eigenvalue weighted by Gasteiger charge is 2.27. The summed E-state index contributed by atoms with van der Waals surface area (Å²) in [7, 11) is 0. The van der Waals surface area contributed by atoms with Crippen LogP contribution in [0.1, 0.15) is 52.9 Å². The van der Waals surface area contributed by atoms with Gasteiger partial charge in [-0.15, -0.1) is 0 Å². The van der Waals surface area contributed by atoms with Gasteiger partial charge in [0.1, 0.15) is 0 Å². The first-order chi connectivity index (χ1) is 11.4. The predicted octanol–water partition coefficient (Wildman–Crippen LogP) is 1.80. The minimum Gasteiger partial charge on any atom is -0.391 e. The SMILES string of the molecule is CC(C)(C)C(O)CN1CCN(C(=O)CCCCN2CCCC2)CC1. The number of hydrogen-bond donors (Lipinski definition) is 1. The molecule has 0 bridgehead atoms. The lowest BCUT2D eigenvalue weighted by Crippen LogP contribution is -2.51. The third-order valence-electron chi connectivity index (χ3n) is 5.47. The molecule has 2 heterocycles. The van der Waals surface area contributed by atoms with Crippen molar-refractivity contribution in [1.82, 2.24) is 14.7 Å². The highest BCUT2D eigenvalue weighted by molar-refractivity contribution is 5.76. The number of rotatable bonds is 7. The fraction of sp³-hybridized carbons (Fsp3) is 0.947. The van der Waals surface area contributed by atoms with Crippen molar-refractivity contribution in [2.24, 2.45) is 5.41 Å². The monoisotopic (exact) mass is 339 g/mol. The molecule has 2 rings (SSSR count). The van der Waals surface area contributed by atoms with E-state index in [0.717, 1.165) is 45.6 Å². The number of aliphatic hydroxyl groups is 1. The van der Waals surface area contributed by atoms with E-state index in [4.69, 9.17) is 0 Å². The molecule has 0 saturated carbocycles. The zero-order valence-corrected chi connectivity index (χ0v) is 16.0. The molecule has 1 amide bonds. The minimum absolute atomic E-state index is 0.0811. The van der Waals surface area contributed by atoms with E-state index in [1.54, 1.807) is 0 Å². The first-order valence-electron chi connectivity index (χ1n) is 9.77. The summed E-state index contributed by atoms with van der Waals surface area (Å²) in [5, 5.41) is 10.2. The summed E-state index contributed by atoms with van der Waals surface area (Å²) in [6, 6.07) is 0. The van der Waals surface area contributed by atoms with E-state index in [9.17, 15) is 9.90 Å². The second-order valence-corrected chi connectivity index (χ2v) is 8.57. The van der Waals surface area contributed by atoms with Crippen LogP contribution >= 0.6 is 0 Å². The Labute approximate surface area is 148 Å². The zero-order chi connectivity index (χ0) is 17.6. The Morgan fingerprint density at radius 3 is 2.17 bits per heavy atom. The van der Waals surface area contributed by atoms with E-state index < -0.39 is 0 Å². The fourth-order valence-corrected chi connectivity index (χ4v) is 3.47. The van der Waals surface area contributed by atoms with E-state index in [2.05, 4.69) is 30.6 Å². The van der Waals surface area contributed by atoms with Crippen molar-refractivity contribution in [2.75, 3.05) is 52.4 Å². The lowest BCUT2D eigenvalue weighted by molar-refractivity contribution is -0.133. The Kier molecular flexibility index (Phi) is 7.51. The fourth-order valence-electron chi connectivity index (χ4n) is 3.47. The van der Waals surface area contributed by atoms with Gasteiger partial charge in [-0.2, -0.15) is 0 Å². The topological polar surface area (TPSA) is 47.0 Å². The van der Waals surface area contributed by atoms with Crippen molar-refractivity contribution in [3.8, 4) is 0 Å². The van der Waals surface area contributed by atoms with Gasteiger partial charge >= 0.3 is 0 Å². The lowest BCUT2D eigenvalue weighted by Gasteiger charge is -2.38. The highest BCUT2D eigenvalue weighted by atomic mass is 16.3. The molecular formula is C19H37N3O2. The Bertz CT molecular complexity index is 381. The van der Waals surface area contributed by atoms with E-state index in [1.807, 2.05) is 4.90 Å². The van der Waals surface area contributed by atoms with Crippen LogP contribution in [0.3, 0.4) is 0 Å². The van der Waals surface area contributed by atoms with Gasteiger partial charge < -0.3 is 14.9 Å². The predicted molar refractivity (Wildman–Crippen MR) is 98.0 cm³/mol. The van der Waals surface area contributed by atoms with Crippen molar-refractivity contribution >= 4 is 5.91 Å². The minimum atomic E-state index is -0.315.